The summed E-state index contributed by atoms with van der Waals surface area (Å²) in [6.07, 6.45) is 6.46. The first kappa shape index (κ1) is 40.8. The van der Waals surface area contributed by atoms with Crippen molar-refractivity contribution in [1.29, 1.82) is 0 Å². The van der Waals surface area contributed by atoms with Crippen molar-refractivity contribution in [1.82, 2.24) is 39.8 Å². The van der Waals surface area contributed by atoms with Gasteiger partial charge in [0.25, 0.3) is 11.8 Å². The number of amides is 2. The molecule has 2 saturated carbocycles. The Morgan fingerprint density at radius 1 is 0.873 bits per heavy atom. The maximum atomic E-state index is 13.9. The summed E-state index contributed by atoms with van der Waals surface area (Å²) in [5, 5.41) is 8.69. The number of benzene rings is 3. The summed E-state index contributed by atoms with van der Waals surface area (Å²) in [5.74, 6) is -0.532. The van der Waals surface area contributed by atoms with E-state index < -0.39 is 17.8 Å². The molecule has 15 nitrogen and oxygen atoms in total. The van der Waals surface area contributed by atoms with Crippen LogP contribution in [0.1, 0.15) is 82.8 Å². The Kier molecular flexibility index (Phi) is 10.9. The number of anilines is 2. The lowest BCUT2D eigenvalue weighted by Gasteiger charge is -2.51. The van der Waals surface area contributed by atoms with Gasteiger partial charge in [-0.05, 0) is 79.6 Å². The van der Waals surface area contributed by atoms with E-state index in [2.05, 4.69) is 36.1 Å². The Bertz CT molecular complexity index is 2600. The molecule has 10 rings (SSSR count). The van der Waals surface area contributed by atoms with Crippen molar-refractivity contribution in [2.45, 2.75) is 82.2 Å². The molecule has 2 aliphatic carbocycles. The number of rotatable bonds is 10. The molecule has 2 amide bonds. The molecule has 3 aliphatic heterocycles. The van der Waals surface area contributed by atoms with Gasteiger partial charge in [-0.15, -0.1) is 0 Å². The highest BCUT2D eigenvalue weighted by molar-refractivity contribution is 6.07. The van der Waals surface area contributed by atoms with Gasteiger partial charge in [0.2, 0.25) is 0 Å². The average Bonchev–Trinajstić information content (AvgIpc) is 3.84. The average molecular weight is 855 g/mol. The fraction of sp³-hybridized carbons (Fsp3) is 0.426. The number of likely N-dealkylation sites (tertiary alicyclic amines) is 1. The Labute approximate surface area is 364 Å². The van der Waals surface area contributed by atoms with Crippen LogP contribution < -0.4 is 20.7 Å². The molecule has 3 N–H and O–H groups in total. The zero-order chi connectivity index (χ0) is 43.4. The van der Waals surface area contributed by atoms with Gasteiger partial charge in [-0.3, -0.25) is 24.1 Å². The highest BCUT2D eigenvalue weighted by Crippen LogP contribution is 2.38. The number of nitrogens with zero attached hydrogens (tertiary/aromatic N) is 8. The molecule has 0 unspecified atom stereocenters. The number of nitrogens with one attached hydrogen (secondary N) is 1. The number of nitrogens with two attached hydrogens (primary N) is 1. The number of aromatic nitrogens is 4. The third-order valence-corrected chi connectivity index (χ3v) is 14.0. The minimum atomic E-state index is -0.512. The second-order valence-electron chi connectivity index (χ2n) is 17.6. The van der Waals surface area contributed by atoms with Gasteiger partial charge in [-0.1, -0.05) is 24.3 Å². The van der Waals surface area contributed by atoms with Gasteiger partial charge in [0.15, 0.2) is 11.4 Å². The van der Waals surface area contributed by atoms with E-state index in [9.17, 15) is 23.6 Å². The standard InChI is InChI=1S/C47H51FN10O5/c1-63-41-11-6-31(48)21-38(41)46(61)50-25-28-2-4-29(5-3-28)43-42-44(49)51-27-52-45(42)58(53-43)32-12-14-54(15-13-32)34-22-35(23-34)56-18-16-55(17-19-56)33-7-9-37-30(20-33)26-57(47(37)62)39-10-8-36(59)24-40(39)60/h2-7,9,11,20-21,27,32,34-35,39H,8,10,12-19,22-26H2,1H3,(H,50,61)(H2,49,51,52)/t34?,35?,39-/m0/s1. The third kappa shape index (κ3) is 7.79. The molecule has 5 aromatic rings. The first-order valence-electron chi connectivity index (χ1n) is 22.0. The molecule has 1 atom stereocenters. The van der Waals surface area contributed by atoms with Crippen LogP contribution >= 0.6 is 0 Å². The van der Waals surface area contributed by atoms with E-state index in [4.69, 9.17) is 15.6 Å². The van der Waals surface area contributed by atoms with Crippen molar-refractivity contribution >= 4 is 45.9 Å². The summed E-state index contributed by atoms with van der Waals surface area (Å²) in [4.78, 5) is 68.8. The van der Waals surface area contributed by atoms with Crippen LogP contribution in [0.4, 0.5) is 15.9 Å². The molecule has 0 bridgehead atoms. The number of hydrogen-bond acceptors (Lipinski definition) is 12. The fourth-order valence-electron chi connectivity index (χ4n) is 10.3. The Balaban J connectivity index is 0.715. The smallest absolute Gasteiger partial charge is 0.255 e. The van der Waals surface area contributed by atoms with Gasteiger partial charge in [0, 0.05) is 87.7 Å². The first-order valence-corrected chi connectivity index (χ1v) is 22.0. The predicted molar refractivity (Wildman–Crippen MR) is 234 cm³/mol. The molecule has 16 heteroatoms. The van der Waals surface area contributed by atoms with Crippen molar-refractivity contribution in [2.24, 2.45) is 0 Å². The van der Waals surface area contributed by atoms with Crippen molar-refractivity contribution in [3.8, 4) is 17.0 Å². The van der Waals surface area contributed by atoms with Crippen molar-refractivity contribution in [2.75, 3.05) is 57.0 Å². The van der Waals surface area contributed by atoms with Crippen molar-refractivity contribution < 1.29 is 28.3 Å². The SMILES string of the molecule is COc1ccc(F)cc1C(=O)NCc1ccc(-c2nn(C3CCN(C4CC(N5CCN(c6ccc7c(c6)CN([C@H]6CCC(=O)CC6=O)C7=O)CC5)C4)CC3)c3ncnc(N)c23)cc1. The number of halogens is 1. The molecule has 5 aliphatic rings. The minimum absolute atomic E-state index is 0.0327. The largest absolute Gasteiger partial charge is 0.496 e. The van der Waals surface area contributed by atoms with E-state index in [-0.39, 0.29) is 42.0 Å². The number of carbonyl (C=O) groups excluding carboxylic acids is 4. The highest BCUT2D eigenvalue weighted by atomic mass is 19.1. The van der Waals surface area contributed by atoms with Gasteiger partial charge >= 0.3 is 0 Å². The van der Waals surface area contributed by atoms with Crippen LogP contribution in [-0.4, -0.2) is 122 Å². The summed E-state index contributed by atoms with van der Waals surface area (Å²) in [6, 6.07) is 18.5. The van der Waals surface area contributed by atoms with Crippen molar-refractivity contribution in [3.05, 3.63) is 95.1 Å². The molecule has 0 radical (unpaired) electrons. The summed E-state index contributed by atoms with van der Waals surface area (Å²) < 4.78 is 21.1. The lowest BCUT2D eigenvalue weighted by molar-refractivity contribution is -0.133. The van der Waals surface area contributed by atoms with Crippen LogP contribution in [0.25, 0.3) is 22.3 Å². The molecule has 0 spiro atoms. The predicted octanol–water partition coefficient (Wildman–Crippen LogP) is 4.79. The molecule has 2 saturated heterocycles. The quantitative estimate of drug-likeness (QED) is 0.185. The molecule has 5 heterocycles. The number of Topliss-reactive ketones (excluding diaryl/α,β-unsaturated/α-hetero) is 2. The number of piperidine rings is 1. The number of piperazine rings is 1. The molecule has 326 valence electrons. The van der Waals surface area contributed by atoms with E-state index >= 15 is 0 Å². The topological polar surface area (TPSA) is 172 Å². The second kappa shape index (κ2) is 16.8. The summed E-state index contributed by atoms with van der Waals surface area (Å²) in [7, 11) is 1.44. The maximum Gasteiger partial charge on any atom is 0.255 e. The van der Waals surface area contributed by atoms with Crippen LogP contribution in [0.3, 0.4) is 0 Å². The second-order valence-corrected chi connectivity index (χ2v) is 17.6. The van der Waals surface area contributed by atoms with Gasteiger partial charge in [0.05, 0.1) is 36.6 Å². The van der Waals surface area contributed by atoms with E-state index in [0.717, 1.165) is 97.3 Å². The van der Waals surface area contributed by atoms with E-state index in [1.165, 1.54) is 38.4 Å². The van der Waals surface area contributed by atoms with Gasteiger partial charge in [0.1, 0.15) is 35.2 Å². The number of ether oxygens (including phenoxy) is 1. The number of methoxy groups -OCH3 is 1. The van der Waals surface area contributed by atoms with Crippen molar-refractivity contribution in [3.63, 3.8) is 0 Å². The van der Waals surface area contributed by atoms with Gasteiger partial charge in [-0.25, -0.2) is 19.0 Å². The monoisotopic (exact) mass is 854 g/mol. The summed E-state index contributed by atoms with van der Waals surface area (Å²) in [6.45, 7) is 6.49. The third-order valence-electron chi connectivity index (χ3n) is 14.0. The molecular weight excluding hydrogens is 804 g/mol. The van der Waals surface area contributed by atoms with Crippen LogP contribution in [0, 0.1) is 5.82 Å². The van der Waals surface area contributed by atoms with E-state index in [0.29, 0.717) is 48.6 Å². The Hall–Kier alpha value is -6.26. The zero-order valence-electron chi connectivity index (χ0n) is 35.3. The number of hydrogen-bond donors (Lipinski definition) is 2. The lowest BCUT2D eigenvalue weighted by atomic mass is 9.82. The van der Waals surface area contributed by atoms with Gasteiger partial charge in [-0.2, -0.15) is 5.10 Å². The minimum Gasteiger partial charge on any atom is -0.496 e. The maximum absolute atomic E-state index is 13.9. The lowest BCUT2D eigenvalue weighted by Crippen LogP contribution is -2.59. The molecule has 63 heavy (non-hydrogen) atoms. The number of carbonyl (C=O) groups is 4. The zero-order valence-corrected chi connectivity index (χ0v) is 35.3. The van der Waals surface area contributed by atoms with Crippen LogP contribution in [0.2, 0.25) is 0 Å². The van der Waals surface area contributed by atoms with Crippen LogP contribution in [0.15, 0.2) is 67.0 Å². The normalized spacial score (nSPS) is 22.4. The fourth-order valence-corrected chi connectivity index (χ4v) is 10.3. The van der Waals surface area contributed by atoms with E-state index in [1.54, 1.807) is 4.90 Å². The highest BCUT2D eigenvalue weighted by Gasteiger charge is 2.41. The molecule has 4 fully saturated rings. The number of ketones is 2. The molecule has 2 aromatic heterocycles. The number of fused-ring (bicyclic) bond motifs is 2. The van der Waals surface area contributed by atoms with Gasteiger partial charge < -0.3 is 30.5 Å². The van der Waals surface area contributed by atoms with Crippen LogP contribution in [0.5, 0.6) is 5.75 Å². The molecular formula is C47H51FN10O5. The van der Waals surface area contributed by atoms with E-state index in [1.807, 2.05) is 41.1 Å². The first-order chi connectivity index (χ1) is 30.6. The number of nitrogen functional groups attached to an aromatic ring is 1. The summed E-state index contributed by atoms with van der Waals surface area (Å²) in [5.41, 5.74) is 12.5. The summed E-state index contributed by atoms with van der Waals surface area (Å²) >= 11 is 0. The Morgan fingerprint density at radius 2 is 1.62 bits per heavy atom. The van der Waals surface area contributed by atoms with Crippen LogP contribution in [-0.2, 0) is 22.7 Å². The molecule has 3 aromatic carbocycles. The Morgan fingerprint density at radius 3 is 2.35 bits per heavy atom.